The van der Waals surface area contributed by atoms with Crippen LogP contribution in [0.25, 0.3) is 0 Å². The maximum Gasteiger partial charge on any atom is 0.126 e. The number of carbonyl (C=O) groups is 1. The molecule has 1 aliphatic carbocycles. The largest absolute Gasteiger partial charge is 0.498 e. The monoisotopic (exact) mass is 208 g/mol. The molecule has 0 aromatic rings. The zero-order valence-corrected chi connectivity index (χ0v) is 9.88. The van der Waals surface area contributed by atoms with Crippen LogP contribution in [0.3, 0.4) is 0 Å². The molecule has 0 saturated heterocycles. The van der Waals surface area contributed by atoms with E-state index in [1.807, 2.05) is 0 Å². The summed E-state index contributed by atoms with van der Waals surface area (Å²) in [6.45, 7) is 7.36. The van der Waals surface area contributed by atoms with Gasteiger partial charge >= 0.3 is 0 Å². The minimum Gasteiger partial charge on any atom is -0.498 e. The third-order valence-electron chi connectivity index (χ3n) is 4.30. The number of hydrogen-bond donors (Lipinski definition) is 0. The Kier molecular flexibility index (Phi) is 2.61. The van der Waals surface area contributed by atoms with Gasteiger partial charge in [-0.25, -0.2) is 0 Å². The quantitative estimate of drug-likeness (QED) is 0.619. The van der Waals surface area contributed by atoms with Gasteiger partial charge in [0.25, 0.3) is 0 Å². The first-order chi connectivity index (χ1) is 7.08. The second-order valence-electron chi connectivity index (χ2n) is 5.26. The second kappa shape index (κ2) is 3.66. The highest BCUT2D eigenvalue weighted by Crippen LogP contribution is 2.47. The van der Waals surface area contributed by atoms with Gasteiger partial charge in [0.2, 0.25) is 0 Å². The van der Waals surface area contributed by atoms with Gasteiger partial charge in [0.15, 0.2) is 0 Å². The summed E-state index contributed by atoms with van der Waals surface area (Å²) in [5.41, 5.74) is 1.23. The Morgan fingerprint density at radius 1 is 1.47 bits per heavy atom. The predicted octanol–water partition coefficient (Wildman–Crippen LogP) is 2.93. The fraction of sp³-hybridized carbons (Fsp3) is 0.769. The summed E-state index contributed by atoms with van der Waals surface area (Å²) in [7, 11) is 0. The third kappa shape index (κ3) is 1.60. The molecule has 0 spiro atoms. The average Bonchev–Trinajstić information content (AvgIpc) is 2.24. The minimum absolute atomic E-state index is 0.173. The van der Waals surface area contributed by atoms with Gasteiger partial charge < -0.3 is 9.53 Å². The standard InChI is InChI=1S/C13H20O2/c1-9-5-7-15-11-4-6-13(3,8-14)10(2)12(9)11/h8-10H,4-7H2,1-3H3/t9-,10+,13+/m1/s1. The molecule has 0 amide bonds. The highest BCUT2D eigenvalue weighted by atomic mass is 16.5. The van der Waals surface area contributed by atoms with E-state index in [9.17, 15) is 4.79 Å². The van der Waals surface area contributed by atoms with E-state index in [0.29, 0.717) is 11.8 Å². The average molecular weight is 208 g/mol. The first kappa shape index (κ1) is 10.7. The molecular formula is C13H20O2. The third-order valence-corrected chi connectivity index (χ3v) is 4.30. The molecule has 2 heteroatoms. The van der Waals surface area contributed by atoms with Crippen LogP contribution in [0, 0.1) is 17.3 Å². The van der Waals surface area contributed by atoms with Gasteiger partial charge in [0.05, 0.1) is 12.4 Å². The summed E-state index contributed by atoms with van der Waals surface area (Å²) in [5, 5.41) is 0. The lowest BCUT2D eigenvalue weighted by Crippen LogP contribution is -2.36. The van der Waals surface area contributed by atoms with Crippen molar-refractivity contribution < 1.29 is 9.53 Å². The molecule has 0 saturated carbocycles. The van der Waals surface area contributed by atoms with Crippen LogP contribution in [0.5, 0.6) is 0 Å². The van der Waals surface area contributed by atoms with E-state index in [4.69, 9.17) is 4.74 Å². The smallest absolute Gasteiger partial charge is 0.126 e. The van der Waals surface area contributed by atoms with Crippen molar-refractivity contribution in [3.63, 3.8) is 0 Å². The highest BCUT2D eigenvalue weighted by Gasteiger charge is 2.41. The Bertz CT molecular complexity index is 306. The summed E-state index contributed by atoms with van der Waals surface area (Å²) < 4.78 is 5.72. The lowest BCUT2D eigenvalue weighted by molar-refractivity contribution is -0.118. The lowest BCUT2D eigenvalue weighted by Gasteiger charge is -2.42. The summed E-state index contributed by atoms with van der Waals surface area (Å²) in [5.74, 6) is 2.11. The number of carbonyl (C=O) groups excluding carboxylic acids is 1. The number of aldehydes is 1. The van der Waals surface area contributed by atoms with Crippen molar-refractivity contribution in [2.24, 2.45) is 17.3 Å². The van der Waals surface area contributed by atoms with Crippen molar-refractivity contribution >= 4 is 6.29 Å². The molecule has 0 fully saturated rings. The van der Waals surface area contributed by atoms with Crippen LogP contribution in [-0.4, -0.2) is 12.9 Å². The molecule has 15 heavy (non-hydrogen) atoms. The maximum atomic E-state index is 11.2. The van der Waals surface area contributed by atoms with E-state index in [0.717, 1.165) is 32.2 Å². The Morgan fingerprint density at radius 2 is 2.20 bits per heavy atom. The molecule has 0 radical (unpaired) electrons. The first-order valence-electron chi connectivity index (χ1n) is 5.90. The first-order valence-corrected chi connectivity index (χ1v) is 5.90. The van der Waals surface area contributed by atoms with Crippen molar-refractivity contribution in [1.82, 2.24) is 0 Å². The molecule has 0 bridgehead atoms. The van der Waals surface area contributed by atoms with Gasteiger partial charge in [-0.15, -0.1) is 0 Å². The van der Waals surface area contributed by atoms with Gasteiger partial charge in [-0.1, -0.05) is 20.8 Å². The Labute approximate surface area is 91.7 Å². The van der Waals surface area contributed by atoms with Crippen molar-refractivity contribution in [3.8, 4) is 0 Å². The minimum atomic E-state index is -0.173. The molecule has 0 unspecified atom stereocenters. The maximum absolute atomic E-state index is 11.2. The number of ether oxygens (including phenoxy) is 1. The van der Waals surface area contributed by atoms with Crippen LogP contribution in [0.4, 0.5) is 0 Å². The zero-order chi connectivity index (χ0) is 11.1. The van der Waals surface area contributed by atoms with Crippen LogP contribution in [0.1, 0.15) is 40.0 Å². The molecule has 3 atom stereocenters. The fourth-order valence-electron chi connectivity index (χ4n) is 2.87. The SMILES string of the molecule is C[C@@H]1CCOC2=C1[C@H](C)[C@](C)(C=O)CC2. The predicted molar refractivity (Wildman–Crippen MR) is 59.3 cm³/mol. The molecule has 2 aliphatic rings. The molecule has 0 aromatic carbocycles. The van der Waals surface area contributed by atoms with E-state index < -0.39 is 0 Å². The Morgan fingerprint density at radius 3 is 2.87 bits per heavy atom. The zero-order valence-electron chi connectivity index (χ0n) is 9.88. The molecule has 84 valence electrons. The van der Waals surface area contributed by atoms with E-state index in [2.05, 4.69) is 20.8 Å². The van der Waals surface area contributed by atoms with Crippen LogP contribution >= 0.6 is 0 Å². The Balaban J connectivity index is 2.36. The van der Waals surface area contributed by atoms with E-state index in [1.54, 1.807) is 0 Å². The van der Waals surface area contributed by atoms with Crippen LogP contribution in [-0.2, 0) is 9.53 Å². The molecule has 1 aliphatic heterocycles. The van der Waals surface area contributed by atoms with Gasteiger partial charge in [0, 0.05) is 11.8 Å². The van der Waals surface area contributed by atoms with Crippen molar-refractivity contribution in [1.29, 1.82) is 0 Å². The summed E-state index contributed by atoms with van der Waals surface area (Å²) in [6, 6.07) is 0. The summed E-state index contributed by atoms with van der Waals surface area (Å²) >= 11 is 0. The molecule has 2 nitrogen and oxygen atoms in total. The second-order valence-corrected chi connectivity index (χ2v) is 5.26. The molecule has 1 heterocycles. The molecular weight excluding hydrogens is 188 g/mol. The number of allylic oxidation sites excluding steroid dienone is 2. The number of rotatable bonds is 1. The van der Waals surface area contributed by atoms with Crippen molar-refractivity contribution in [3.05, 3.63) is 11.3 Å². The summed E-state index contributed by atoms with van der Waals surface area (Å²) in [6.07, 6.45) is 4.11. The van der Waals surface area contributed by atoms with Gasteiger partial charge in [0.1, 0.15) is 6.29 Å². The van der Waals surface area contributed by atoms with Crippen LogP contribution in [0.15, 0.2) is 11.3 Å². The fourth-order valence-corrected chi connectivity index (χ4v) is 2.87. The molecule has 0 N–H and O–H groups in total. The number of hydrogen-bond acceptors (Lipinski definition) is 2. The van der Waals surface area contributed by atoms with E-state index >= 15 is 0 Å². The molecule has 0 aromatic heterocycles. The van der Waals surface area contributed by atoms with Gasteiger partial charge in [-0.2, -0.15) is 0 Å². The lowest BCUT2D eigenvalue weighted by atomic mass is 9.65. The van der Waals surface area contributed by atoms with Crippen molar-refractivity contribution in [2.75, 3.05) is 6.61 Å². The van der Waals surface area contributed by atoms with E-state index in [-0.39, 0.29) is 5.41 Å². The van der Waals surface area contributed by atoms with Gasteiger partial charge in [-0.05, 0) is 30.3 Å². The van der Waals surface area contributed by atoms with Crippen LogP contribution in [0.2, 0.25) is 0 Å². The highest BCUT2D eigenvalue weighted by molar-refractivity contribution is 5.61. The summed E-state index contributed by atoms with van der Waals surface area (Å²) in [4.78, 5) is 11.2. The Hall–Kier alpha value is -0.790. The topological polar surface area (TPSA) is 26.3 Å². The van der Waals surface area contributed by atoms with Crippen molar-refractivity contribution in [2.45, 2.75) is 40.0 Å². The molecule has 2 rings (SSSR count). The normalized spacial score (nSPS) is 40.7. The van der Waals surface area contributed by atoms with Gasteiger partial charge in [-0.3, -0.25) is 0 Å². The van der Waals surface area contributed by atoms with Crippen LogP contribution < -0.4 is 0 Å². The van der Waals surface area contributed by atoms with E-state index in [1.165, 1.54) is 11.3 Å².